The molecule has 0 heterocycles. The number of carbonyl (C=O) groups excluding carboxylic acids is 2. The van der Waals surface area contributed by atoms with Crippen molar-refractivity contribution in [3.63, 3.8) is 0 Å². The van der Waals surface area contributed by atoms with Gasteiger partial charge < -0.3 is 0 Å². The molecular weight excluding hydrogens is 357 g/mol. The normalized spacial score (nSPS) is 11.8. The fraction of sp³-hybridized carbons (Fsp3) is 0.300. The van der Waals surface area contributed by atoms with Gasteiger partial charge in [-0.3, -0.25) is 15.0 Å². The molecular formula is C20H21F3N2O2. The number of amides is 2. The van der Waals surface area contributed by atoms with E-state index in [4.69, 9.17) is 0 Å². The van der Waals surface area contributed by atoms with Crippen LogP contribution in [0.3, 0.4) is 0 Å². The summed E-state index contributed by atoms with van der Waals surface area (Å²) in [5.74, 6) is -1.08. The van der Waals surface area contributed by atoms with Gasteiger partial charge in [0.25, 0.3) is 11.8 Å². The summed E-state index contributed by atoms with van der Waals surface area (Å²) >= 11 is 0. The number of hydrogen-bond donors (Lipinski definition) is 1. The van der Waals surface area contributed by atoms with E-state index in [0.717, 1.165) is 34.8 Å². The molecule has 2 amide bonds. The van der Waals surface area contributed by atoms with Crippen molar-refractivity contribution in [2.75, 3.05) is 0 Å². The fourth-order valence-electron chi connectivity index (χ4n) is 2.33. The molecule has 0 unspecified atom stereocenters. The Morgan fingerprint density at radius 3 is 1.78 bits per heavy atom. The lowest BCUT2D eigenvalue weighted by Gasteiger charge is -2.35. The van der Waals surface area contributed by atoms with Gasteiger partial charge in [-0.25, -0.2) is 5.01 Å². The number of hydrogen-bond acceptors (Lipinski definition) is 2. The topological polar surface area (TPSA) is 49.4 Å². The Bertz CT molecular complexity index is 820. The SMILES string of the molecule is Cc1ccc(C(=O)NN(C(=O)c2ccc(C(F)(F)F)cc2)C(C)(C)C)cc1. The van der Waals surface area contributed by atoms with Crippen molar-refractivity contribution < 1.29 is 22.8 Å². The molecule has 0 fully saturated rings. The van der Waals surface area contributed by atoms with Crippen LogP contribution in [-0.2, 0) is 6.18 Å². The Labute approximate surface area is 156 Å². The summed E-state index contributed by atoms with van der Waals surface area (Å²) in [6.45, 7) is 7.02. The maximum Gasteiger partial charge on any atom is 0.416 e. The molecule has 2 aromatic rings. The second kappa shape index (κ2) is 7.42. The highest BCUT2D eigenvalue weighted by Crippen LogP contribution is 2.29. The molecule has 0 saturated carbocycles. The van der Waals surface area contributed by atoms with Crippen molar-refractivity contribution in [1.82, 2.24) is 10.4 Å². The summed E-state index contributed by atoms with van der Waals surface area (Å²) in [5.41, 5.74) is 2.32. The number of nitrogens with zero attached hydrogens (tertiary/aromatic N) is 1. The van der Waals surface area contributed by atoms with E-state index in [-0.39, 0.29) is 5.56 Å². The van der Waals surface area contributed by atoms with Crippen molar-refractivity contribution in [3.05, 3.63) is 70.8 Å². The van der Waals surface area contributed by atoms with Gasteiger partial charge in [0, 0.05) is 11.1 Å². The third-order valence-electron chi connectivity index (χ3n) is 3.86. The van der Waals surface area contributed by atoms with Gasteiger partial charge >= 0.3 is 6.18 Å². The highest BCUT2D eigenvalue weighted by molar-refractivity contribution is 5.99. The van der Waals surface area contributed by atoms with Gasteiger partial charge in [-0.2, -0.15) is 13.2 Å². The van der Waals surface area contributed by atoms with E-state index in [2.05, 4.69) is 5.43 Å². The Kier molecular flexibility index (Phi) is 5.63. The summed E-state index contributed by atoms with van der Waals surface area (Å²) in [6, 6.07) is 10.7. The van der Waals surface area contributed by atoms with Crippen LogP contribution in [-0.4, -0.2) is 22.4 Å². The number of aryl methyl sites for hydroxylation is 1. The molecule has 7 heteroatoms. The summed E-state index contributed by atoms with van der Waals surface area (Å²) in [5, 5.41) is 1.12. The number of halogens is 3. The Hall–Kier alpha value is -2.83. The molecule has 0 aliphatic heterocycles. The summed E-state index contributed by atoms with van der Waals surface area (Å²) in [4.78, 5) is 25.3. The van der Waals surface area contributed by atoms with Gasteiger partial charge in [0.15, 0.2) is 0 Å². The van der Waals surface area contributed by atoms with E-state index >= 15 is 0 Å². The van der Waals surface area contributed by atoms with E-state index in [1.54, 1.807) is 45.0 Å². The van der Waals surface area contributed by atoms with Crippen LogP contribution in [0.25, 0.3) is 0 Å². The number of carbonyl (C=O) groups is 2. The van der Waals surface area contributed by atoms with Crippen LogP contribution in [0.5, 0.6) is 0 Å². The van der Waals surface area contributed by atoms with Crippen LogP contribution in [0.1, 0.15) is 52.6 Å². The molecule has 144 valence electrons. The second-order valence-electron chi connectivity index (χ2n) is 7.19. The summed E-state index contributed by atoms with van der Waals surface area (Å²) in [6.07, 6.45) is -4.48. The first kappa shape index (κ1) is 20.5. The van der Waals surface area contributed by atoms with Crippen LogP contribution in [0.15, 0.2) is 48.5 Å². The van der Waals surface area contributed by atoms with Gasteiger partial charge in [-0.05, 0) is 64.1 Å². The molecule has 0 aliphatic carbocycles. The molecule has 27 heavy (non-hydrogen) atoms. The third kappa shape index (κ3) is 5.09. The quantitative estimate of drug-likeness (QED) is 0.777. The van der Waals surface area contributed by atoms with E-state index in [1.807, 2.05) is 6.92 Å². The monoisotopic (exact) mass is 378 g/mol. The molecule has 0 saturated heterocycles. The Morgan fingerprint density at radius 2 is 1.33 bits per heavy atom. The van der Waals surface area contributed by atoms with Crippen molar-refractivity contribution in [2.24, 2.45) is 0 Å². The minimum atomic E-state index is -4.48. The van der Waals surface area contributed by atoms with Crippen LogP contribution in [0.2, 0.25) is 0 Å². The molecule has 4 nitrogen and oxygen atoms in total. The smallest absolute Gasteiger partial charge is 0.267 e. The average molecular weight is 378 g/mol. The minimum Gasteiger partial charge on any atom is -0.267 e. The highest BCUT2D eigenvalue weighted by Gasteiger charge is 2.32. The lowest BCUT2D eigenvalue weighted by Crippen LogP contribution is -2.55. The van der Waals surface area contributed by atoms with Gasteiger partial charge in [-0.1, -0.05) is 17.7 Å². The summed E-state index contributed by atoms with van der Waals surface area (Å²) in [7, 11) is 0. The number of rotatable bonds is 2. The summed E-state index contributed by atoms with van der Waals surface area (Å²) < 4.78 is 38.1. The van der Waals surface area contributed by atoms with Gasteiger partial charge in [0.2, 0.25) is 0 Å². The van der Waals surface area contributed by atoms with Gasteiger partial charge in [0.1, 0.15) is 0 Å². The van der Waals surface area contributed by atoms with Crippen molar-refractivity contribution in [1.29, 1.82) is 0 Å². The molecule has 1 N–H and O–H groups in total. The molecule has 0 spiro atoms. The van der Waals surface area contributed by atoms with Gasteiger partial charge in [0.05, 0.1) is 11.1 Å². The molecule has 2 rings (SSSR count). The van der Waals surface area contributed by atoms with E-state index in [9.17, 15) is 22.8 Å². The first-order chi connectivity index (χ1) is 12.4. The van der Waals surface area contributed by atoms with Crippen molar-refractivity contribution >= 4 is 11.8 Å². The second-order valence-corrected chi connectivity index (χ2v) is 7.19. The predicted octanol–water partition coefficient (Wildman–Crippen LogP) is 4.60. The lowest BCUT2D eigenvalue weighted by molar-refractivity contribution is -0.137. The molecule has 2 aromatic carbocycles. The van der Waals surface area contributed by atoms with Gasteiger partial charge in [-0.15, -0.1) is 0 Å². The largest absolute Gasteiger partial charge is 0.416 e. The number of benzene rings is 2. The molecule has 0 radical (unpaired) electrons. The highest BCUT2D eigenvalue weighted by atomic mass is 19.4. The molecule has 0 aliphatic rings. The maximum absolute atomic E-state index is 12.8. The number of hydrazine groups is 1. The van der Waals surface area contributed by atoms with Crippen molar-refractivity contribution in [3.8, 4) is 0 Å². The Balaban J connectivity index is 2.26. The van der Waals surface area contributed by atoms with Crippen LogP contribution in [0.4, 0.5) is 13.2 Å². The van der Waals surface area contributed by atoms with Crippen molar-refractivity contribution in [2.45, 2.75) is 39.4 Å². The first-order valence-corrected chi connectivity index (χ1v) is 8.29. The zero-order chi connectivity index (χ0) is 20.4. The van der Waals surface area contributed by atoms with E-state index in [0.29, 0.717) is 5.56 Å². The zero-order valence-electron chi connectivity index (χ0n) is 15.5. The molecule has 0 atom stereocenters. The lowest BCUT2D eigenvalue weighted by atomic mass is 10.1. The number of alkyl halides is 3. The third-order valence-corrected chi connectivity index (χ3v) is 3.86. The van der Waals surface area contributed by atoms with E-state index in [1.165, 1.54) is 0 Å². The molecule has 0 aromatic heterocycles. The Morgan fingerprint density at radius 1 is 0.852 bits per heavy atom. The van der Waals surface area contributed by atoms with Crippen LogP contribution >= 0.6 is 0 Å². The number of nitrogens with one attached hydrogen (secondary N) is 1. The predicted molar refractivity (Wildman–Crippen MR) is 96.0 cm³/mol. The average Bonchev–Trinajstić information content (AvgIpc) is 2.58. The molecule has 0 bridgehead atoms. The van der Waals surface area contributed by atoms with E-state index < -0.39 is 29.1 Å². The fourth-order valence-corrected chi connectivity index (χ4v) is 2.33. The minimum absolute atomic E-state index is 0.0436. The van der Waals surface area contributed by atoms with Crippen LogP contribution < -0.4 is 5.43 Å². The van der Waals surface area contributed by atoms with Crippen LogP contribution in [0, 0.1) is 6.92 Å². The maximum atomic E-state index is 12.8. The standard InChI is InChI=1S/C20H21F3N2O2/c1-13-5-7-14(8-6-13)17(26)24-25(19(2,3)4)18(27)15-9-11-16(12-10-15)20(21,22)23/h5-12H,1-4H3,(H,24,26). The first-order valence-electron chi connectivity index (χ1n) is 8.29. The zero-order valence-corrected chi connectivity index (χ0v) is 15.5.